The molecule has 2 aromatic rings. The first-order chi connectivity index (χ1) is 9.81. The first-order valence-electron chi connectivity index (χ1n) is 6.79. The van der Waals surface area contributed by atoms with Crippen molar-refractivity contribution >= 4 is 25.1 Å². The number of nitrogens with zero attached hydrogens (tertiary/aromatic N) is 1. The SMILES string of the molecule is Cc1ccc(C2=NOC(C[Se]c3ccccc3)C2)cc1. The zero-order valence-corrected chi connectivity index (χ0v) is 13.2. The fraction of sp³-hybridized carbons (Fsp3) is 0.235. The van der Waals surface area contributed by atoms with Crippen molar-refractivity contribution in [3.8, 4) is 0 Å². The molecule has 0 N–H and O–H groups in total. The van der Waals surface area contributed by atoms with Gasteiger partial charge < -0.3 is 0 Å². The van der Waals surface area contributed by atoms with Crippen molar-refractivity contribution < 1.29 is 4.84 Å². The van der Waals surface area contributed by atoms with Gasteiger partial charge in [-0.3, -0.25) is 0 Å². The summed E-state index contributed by atoms with van der Waals surface area (Å²) in [4.78, 5) is 5.58. The van der Waals surface area contributed by atoms with Crippen molar-refractivity contribution in [2.45, 2.75) is 24.8 Å². The Morgan fingerprint density at radius 2 is 1.85 bits per heavy atom. The molecule has 0 bridgehead atoms. The van der Waals surface area contributed by atoms with Gasteiger partial charge in [0, 0.05) is 0 Å². The van der Waals surface area contributed by atoms with Crippen molar-refractivity contribution in [1.82, 2.24) is 0 Å². The molecule has 1 aliphatic heterocycles. The molecule has 2 aromatic carbocycles. The molecule has 2 nitrogen and oxygen atoms in total. The van der Waals surface area contributed by atoms with E-state index in [0.717, 1.165) is 17.5 Å². The van der Waals surface area contributed by atoms with Gasteiger partial charge in [-0.1, -0.05) is 0 Å². The molecule has 0 saturated carbocycles. The zero-order valence-electron chi connectivity index (χ0n) is 11.5. The van der Waals surface area contributed by atoms with Crippen LogP contribution in [0.5, 0.6) is 0 Å². The van der Waals surface area contributed by atoms with E-state index in [4.69, 9.17) is 4.84 Å². The summed E-state index contributed by atoms with van der Waals surface area (Å²) in [6.45, 7) is 2.10. The van der Waals surface area contributed by atoms with Crippen LogP contribution in [0.2, 0.25) is 5.32 Å². The second kappa shape index (κ2) is 6.25. The van der Waals surface area contributed by atoms with Crippen LogP contribution in [-0.2, 0) is 4.84 Å². The molecule has 1 heterocycles. The minimum absolute atomic E-state index is 0.242. The van der Waals surface area contributed by atoms with Gasteiger partial charge in [-0.15, -0.1) is 0 Å². The zero-order chi connectivity index (χ0) is 13.8. The van der Waals surface area contributed by atoms with Crippen LogP contribution in [0.3, 0.4) is 0 Å². The number of rotatable bonds is 4. The van der Waals surface area contributed by atoms with Crippen LogP contribution in [0.1, 0.15) is 17.5 Å². The van der Waals surface area contributed by atoms with Crippen LogP contribution >= 0.6 is 0 Å². The summed E-state index contributed by atoms with van der Waals surface area (Å²) in [5.74, 6) is 0. The minimum atomic E-state index is 0.242. The topological polar surface area (TPSA) is 21.6 Å². The Morgan fingerprint density at radius 1 is 1.10 bits per heavy atom. The molecule has 0 amide bonds. The van der Waals surface area contributed by atoms with Crippen molar-refractivity contribution in [3.05, 3.63) is 65.7 Å². The predicted octanol–water partition coefficient (Wildman–Crippen LogP) is 2.94. The Labute approximate surface area is 126 Å². The number of benzene rings is 2. The Hall–Kier alpha value is -1.57. The molecule has 0 saturated heterocycles. The Bertz CT molecular complexity index is 592. The third kappa shape index (κ3) is 3.30. The van der Waals surface area contributed by atoms with Crippen molar-refractivity contribution in [2.75, 3.05) is 0 Å². The molecule has 0 fully saturated rings. The summed E-state index contributed by atoms with van der Waals surface area (Å²) in [6.07, 6.45) is 1.17. The predicted molar refractivity (Wildman–Crippen MR) is 83.8 cm³/mol. The first kappa shape index (κ1) is 13.4. The second-order valence-corrected chi connectivity index (χ2v) is 7.25. The van der Waals surface area contributed by atoms with Gasteiger partial charge in [0.15, 0.2) is 0 Å². The molecule has 102 valence electrons. The molecular weight excluding hydrogens is 313 g/mol. The van der Waals surface area contributed by atoms with Crippen LogP contribution in [0.4, 0.5) is 0 Å². The Kier molecular flexibility index (Phi) is 4.19. The van der Waals surface area contributed by atoms with Gasteiger partial charge >= 0.3 is 126 Å². The summed E-state index contributed by atoms with van der Waals surface area (Å²) in [7, 11) is 0. The maximum absolute atomic E-state index is 5.58. The average Bonchev–Trinajstić information content (AvgIpc) is 2.96. The van der Waals surface area contributed by atoms with E-state index < -0.39 is 0 Å². The molecular formula is C17H17NOSe. The molecule has 1 aliphatic rings. The van der Waals surface area contributed by atoms with Crippen LogP contribution < -0.4 is 4.46 Å². The van der Waals surface area contributed by atoms with E-state index in [0.29, 0.717) is 15.0 Å². The van der Waals surface area contributed by atoms with Gasteiger partial charge in [0.25, 0.3) is 0 Å². The second-order valence-electron chi connectivity index (χ2n) is 4.96. The fourth-order valence-corrected chi connectivity index (χ4v) is 4.04. The maximum atomic E-state index is 5.58. The molecule has 0 spiro atoms. The van der Waals surface area contributed by atoms with Gasteiger partial charge in [0.2, 0.25) is 0 Å². The van der Waals surface area contributed by atoms with E-state index in [1.54, 1.807) is 0 Å². The molecule has 3 heteroatoms. The van der Waals surface area contributed by atoms with Crippen LogP contribution in [0.15, 0.2) is 59.8 Å². The number of oxime groups is 1. The van der Waals surface area contributed by atoms with Crippen molar-refractivity contribution in [3.63, 3.8) is 0 Å². The van der Waals surface area contributed by atoms with Crippen LogP contribution in [-0.4, -0.2) is 26.8 Å². The van der Waals surface area contributed by atoms with Gasteiger partial charge in [-0.05, 0) is 0 Å². The van der Waals surface area contributed by atoms with E-state index in [1.165, 1.54) is 15.6 Å². The molecule has 3 rings (SSSR count). The van der Waals surface area contributed by atoms with Gasteiger partial charge in [0.05, 0.1) is 0 Å². The van der Waals surface area contributed by atoms with E-state index in [2.05, 4.69) is 66.7 Å². The third-order valence-electron chi connectivity index (χ3n) is 3.30. The monoisotopic (exact) mass is 331 g/mol. The van der Waals surface area contributed by atoms with E-state index in [9.17, 15) is 0 Å². The summed E-state index contributed by atoms with van der Waals surface area (Å²) in [5.41, 5.74) is 3.54. The quantitative estimate of drug-likeness (QED) is 0.790. The van der Waals surface area contributed by atoms with Gasteiger partial charge in [-0.25, -0.2) is 0 Å². The summed E-state index contributed by atoms with van der Waals surface area (Å²) in [5, 5.41) is 5.34. The molecule has 0 radical (unpaired) electrons. The summed E-state index contributed by atoms with van der Waals surface area (Å²) >= 11 is 0.462. The normalized spacial score (nSPS) is 17.6. The van der Waals surface area contributed by atoms with Crippen LogP contribution in [0, 0.1) is 6.92 Å². The molecule has 0 aromatic heterocycles. The summed E-state index contributed by atoms with van der Waals surface area (Å²) < 4.78 is 1.42. The number of hydrogen-bond donors (Lipinski definition) is 0. The number of hydrogen-bond acceptors (Lipinski definition) is 2. The molecule has 1 unspecified atom stereocenters. The van der Waals surface area contributed by atoms with Gasteiger partial charge in [-0.2, -0.15) is 0 Å². The Morgan fingerprint density at radius 3 is 2.60 bits per heavy atom. The molecule has 0 aliphatic carbocycles. The Balaban J connectivity index is 1.55. The van der Waals surface area contributed by atoms with E-state index >= 15 is 0 Å². The van der Waals surface area contributed by atoms with E-state index in [-0.39, 0.29) is 6.10 Å². The molecule has 1 atom stereocenters. The number of aryl methyl sites for hydroxylation is 1. The standard InChI is InChI=1S/C17H17NOSe/c1-13-7-9-14(10-8-13)17-11-15(19-18-17)12-20-16-5-3-2-4-6-16/h2-10,15H,11-12H2,1H3. The van der Waals surface area contributed by atoms with Crippen LogP contribution in [0.25, 0.3) is 0 Å². The van der Waals surface area contributed by atoms with Gasteiger partial charge in [0.1, 0.15) is 0 Å². The average molecular weight is 330 g/mol. The van der Waals surface area contributed by atoms with Crippen molar-refractivity contribution in [1.29, 1.82) is 0 Å². The first-order valence-corrected chi connectivity index (χ1v) is 8.85. The van der Waals surface area contributed by atoms with E-state index in [1.807, 2.05) is 0 Å². The molecule has 20 heavy (non-hydrogen) atoms. The van der Waals surface area contributed by atoms with Crippen molar-refractivity contribution in [2.24, 2.45) is 5.16 Å². The third-order valence-corrected chi connectivity index (χ3v) is 5.70. The summed E-state index contributed by atoms with van der Waals surface area (Å²) in [6, 6.07) is 19.1. The fourth-order valence-electron chi connectivity index (χ4n) is 2.14.